The predicted molar refractivity (Wildman–Crippen MR) is 202 cm³/mol. The van der Waals surface area contributed by atoms with E-state index in [1.165, 1.54) is 104 Å². The van der Waals surface area contributed by atoms with Crippen molar-refractivity contribution in [1.82, 2.24) is 0 Å². The van der Waals surface area contributed by atoms with Gasteiger partial charge >= 0.3 is 0 Å². The van der Waals surface area contributed by atoms with Crippen LogP contribution in [0.5, 0.6) is 0 Å². The third-order valence-corrected chi connectivity index (χ3v) is 12.0. The van der Waals surface area contributed by atoms with E-state index in [1.54, 1.807) is 11.1 Å². The minimum Gasteiger partial charge on any atom is -0.0625 e. The third kappa shape index (κ3) is 9.95. The molecular weight excluding hydrogens is 565 g/mol. The van der Waals surface area contributed by atoms with Crippen molar-refractivity contribution in [1.29, 1.82) is 0 Å². The van der Waals surface area contributed by atoms with Crippen molar-refractivity contribution >= 4 is 0 Å². The molecule has 0 aliphatic heterocycles. The molecule has 0 heteroatoms. The van der Waals surface area contributed by atoms with Crippen molar-refractivity contribution in [2.75, 3.05) is 0 Å². The Kier molecular flexibility index (Phi) is 11.7. The van der Waals surface area contributed by atoms with Crippen LogP contribution in [0.15, 0.2) is 97.1 Å². The lowest BCUT2D eigenvalue weighted by atomic mass is 9.71. The van der Waals surface area contributed by atoms with Crippen LogP contribution in [-0.2, 0) is 12.8 Å². The molecule has 0 aromatic heterocycles. The van der Waals surface area contributed by atoms with Crippen LogP contribution in [0.2, 0.25) is 0 Å². The second kappa shape index (κ2) is 16.3. The fourth-order valence-corrected chi connectivity index (χ4v) is 8.71. The lowest BCUT2D eigenvalue weighted by Crippen LogP contribution is -2.19. The Morgan fingerprint density at radius 1 is 0.426 bits per heavy atom. The SMILES string of the molecule is Cc1ccc(Cc2ccc(C(CC3CCC(C)CC3)CC(CC3CCC(C)CC3)c3ccc(Cc4ccc(C)cc4)cc3)cc2)cc1. The first-order chi connectivity index (χ1) is 22.9. The molecule has 2 fully saturated rings. The van der Waals surface area contributed by atoms with E-state index < -0.39 is 0 Å². The summed E-state index contributed by atoms with van der Waals surface area (Å²) in [6.45, 7) is 9.27. The zero-order chi connectivity index (χ0) is 32.6. The summed E-state index contributed by atoms with van der Waals surface area (Å²) >= 11 is 0. The van der Waals surface area contributed by atoms with Gasteiger partial charge in [-0.2, -0.15) is 0 Å². The molecule has 2 atom stereocenters. The maximum atomic E-state index is 2.50. The van der Waals surface area contributed by atoms with E-state index >= 15 is 0 Å². The van der Waals surface area contributed by atoms with Crippen LogP contribution in [-0.4, -0.2) is 0 Å². The van der Waals surface area contributed by atoms with E-state index in [-0.39, 0.29) is 0 Å². The molecule has 2 saturated carbocycles. The fourth-order valence-electron chi connectivity index (χ4n) is 8.71. The standard InChI is InChI=1S/C47H60/c1-34-5-13-38(14-6-34)29-40-21-25-44(26-22-40)46(31-42-17-9-36(3)10-18-42)33-47(32-43-19-11-37(4)12-20-43)45-27-23-41(24-28-45)30-39-15-7-35(2)8-16-39/h5-8,13-16,21-28,36-37,42-43,46-47H,9-12,17-20,29-33H2,1-4H3. The minimum absolute atomic E-state index is 0.626. The van der Waals surface area contributed by atoms with Gasteiger partial charge in [0.1, 0.15) is 0 Å². The lowest BCUT2D eigenvalue weighted by molar-refractivity contribution is 0.240. The molecule has 0 radical (unpaired) electrons. The molecule has 0 bridgehead atoms. The van der Waals surface area contributed by atoms with Gasteiger partial charge in [-0.15, -0.1) is 0 Å². The molecule has 2 aliphatic rings. The summed E-state index contributed by atoms with van der Waals surface area (Å²) < 4.78 is 0. The van der Waals surface area contributed by atoms with Gasteiger partial charge in [-0.1, -0.05) is 173 Å². The van der Waals surface area contributed by atoms with Gasteiger partial charge in [0.15, 0.2) is 0 Å². The van der Waals surface area contributed by atoms with Crippen LogP contribution >= 0.6 is 0 Å². The summed E-state index contributed by atoms with van der Waals surface area (Å²) in [6, 6.07) is 37.9. The van der Waals surface area contributed by atoms with Crippen LogP contribution in [0.3, 0.4) is 0 Å². The van der Waals surface area contributed by atoms with Gasteiger partial charge in [0, 0.05) is 0 Å². The zero-order valence-corrected chi connectivity index (χ0v) is 29.9. The summed E-state index contributed by atoms with van der Waals surface area (Å²) in [6.07, 6.45) is 17.4. The average molecular weight is 625 g/mol. The maximum absolute atomic E-state index is 2.50. The Morgan fingerprint density at radius 2 is 0.723 bits per heavy atom. The van der Waals surface area contributed by atoms with E-state index in [9.17, 15) is 0 Å². The highest BCUT2D eigenvalue weighted by molar-refractivity contribution is 5.34. The first-order valence-corrected chi connectivity index (χ1v) is 19.1. The Balaban J connectivity index is 1.23. The normalized spacial score (nSPS) is 22.9. The van der Waals surface area contributed by atoms with E-state index in [1.807, 2.05) is 0 Å². The summed E-state index contributed by atoms with van der Waals surface area (Å²) in [5.74, 6) is 4.81. The number of aryl methyl sites for hydroxylation is 2. The lowest BCUT2D eigenvalue weighted by Gasteiger charge is -2.34. The Morgan fingerprint density at radius 3 is 1.04 bits per heavy atom. The van der Waals surface area contributed by atoms with E-state index in [4.69, 9.17) is 0 Å². The molecule has 47 heavy (non-hydrogen) atoms. The van der Waals surface area contributed by atoms with E-state index in [0.29, 0.717) is 11.8 Å². The molecule has 2 unspecified atom stereocenters. The highest BCUT2D eigenvalue weighted by atomic mass is 14.3. The largest absolute Gasteiger partial charge is 0.0625 e. The Bertz CT molecular complexity index is 1360. The summed E-state index contributed by atoms with van der Waals surface area (Å²) in [5, 5.41) is 0. The molecule has 248 valence electrons. The van der Waals surface area contributed by atoms with Crippen molar-refractivity contribution in [2.24, 2.45) is 23.7 Å². The van der Waals surface area contributed by atoms with Crippen LogP contribution in [0.1, 0.15) is 141 Å². The predicted octanol–water partition coefficient (Wildman–Crippen LogP) is 13.2. The minimum atomic E-state index is 0.626. The number of hydrogen-bond donors (Lipinski definition) is 0. The van der Waals surface area contributed by atoms with E-state index in [0.717, 1.165) is 36.5 Å². The quantitative estimate of drug-likeness (QED) is 0.147. The molecule has 2 aliphatic carbocycles. The van der Waals surface area contributed by atoms with Crippen molar-refractivity contribution in [3.05, 3.63) is 142 Å². The second-order valence-corrected chi connectivity index (χ2v) is 16.2. The molecule has 4 aromatic rings. The van der Waals surface area contributed by atoms with Crippen molar-refractivity contribution in [2.45, 2.75) is 123 Å². The summed E-state index contributed by atoms with van der Waals surface area (Å²) in [7, 11) is 0. The van der Waals surface area contributed by atoms with Gasteiger partial charge in [0.25, 0.3) is 0 Å². The average Bonchev–Trinajstić information content (AvgIpc) is 3.09. The number of hydrogen-bond acceptors (Lipinski definition) is 0. The van der Waals surface area contributed by atoms with E-state index in [2.05, 4.69) is 125 Å². The van der Waals surface area contributed by atoms with Crippen molar-refractivity contribution in [3.8, 4) is 0 Å². The molecule has 0 nitrogen and oxygen atoms in total. The monoisotopic (exact) mass is 624 g/mol. The van der Waals surface area contributed by atoms with Crippen LogP contribution in [0.25, 0.3) is 0 Å². The molecule has 0 N–H and O–H groups in total. The number of benzene rings is 4. The molecule has 0 spiro atoms. The zero-order valence-electron chi connectivity index (χ0n) is 29.9. The van der Waals surface area contributed by atoms with Crippen molar-refractivity contribution < 1.29 is 0 Å². The van der Waals surface area contributed by atoms with Gasteiger partial charge in [0.2, 0.25) is 0 Å². The van der Waals surface area contributed by atoms with Crippen LogP contribution < -0.4 is 0 Å². The van der Waals surface area contributed by atoms with Gasteiger partial charge in [-0.3, -0.25) is 0 Å². The first kappa shape index (κ1) is 33.8. The number of rotatable bonds is 12. The van der Waals surface area contributed by atoms with Crippen LogP contribution in [0, 0.1) is 37.5 Å². The third-order valence-electron chi connectivity index (χ3n) is 12.0. The summed E-state index contributed by atoms with van der Waals surface area (Å²) in [5.41, 5.74) is 11.5. The first-order valence-electron chi connectivity index (χ1n) is 19.1. The molecule has 6 rings (SSSR count). The second-order valence-electron chi connectivity index (χ2n) is 16.2. The topological polar surface area (TPSA) is 0 Å². The smallest absolute Gasteiger partial charge is 0.00258 e. The fraction of sp³-hybridized carbons (Fsp3) is 0.489. The summed E-state index contributed by atoms with van der Waals surface area (Å²) in [4.78, 5) is 0. The molecule has 0 heterocycles. The van der Waals surface area contributed by atoms with Crippen LogP contribution in [0.4, 0.5) is 0 Å². The molecule has 4 aromatic carbocycles. The Hall–Kier alpha value is -3.12. The highest BCUT2D eigenvalue weighted by Gasteiger charge is 2.28. The molecule has 0 amide bonds. The Labute approximate surface area is 287 Å². The van der Waals surface area contributed by atoms with Gasteiger partial charge in [0.05, 0.1) is 0 Å². The molecule has 0 saturated heterocycles. The van der Waals surface area contributed by atoms with Crippen molar-refractivity contribution in [3.63, 3.8) is 0 Å². The van der Waals surface area contributed by atoms with Gasteiger partial charge < -0.3 is 0 Å². The molecular formula is C47H60. The van der Waals surface area contributed by atoms with Gasteiger partial charge in [-0.05, 0) is 115 Å². The maximum Gasteiger partial charge on any atom is -0.00258 e. The van der Waals surface area contributed by atoms with Gasteiger partial charge in [-0.25, -0.2) is 0 Å². The highest BCUT2D eigenvalue weighted by Crippen LogP contribution is 2.43.